The molecule has 0 saturated carbocycles. The predicted molar refractivity (Wildman–Crippen MR) is 80.9 cm³/mol. The topological polar surface area (TPSA) is 64.1 Å². The van der Waals surface area contributed by atoms with Gasteiger partial charge in [0.25, 0.3) is 0 Å². The molecule has 3 aromatic rings. The second kappa shape index (κ2) is 4.65. The fourth-order valence-corrected chi connectivity index (χ4v) is 2.58. The number of aliphatic hydroxyl groups is 1. The number of imidazole rings is 1. The minimum absolute atomic E-state index is 0.109. The molecule has 0 saturated heterocycles. The Morgan fingerprint density at radius 2 is 1.95 bits per heavy atom. The molecular formula is C16H17N3O. The number of nitrogens with zero attached hydrogens (tertiary/aromatic N) is 2. The van der Waals surface area contributed by atoms with E-state index >= 15 is 0 Å². The Morgan fingerprint density at radius 3 is 2.65 bits per heavy atom. The quantitative estimate of drug-likeness (QED) is 0.702. The van der Waals surface area contributed by atoms with E-state index in [4.69, 9.17) is 5.73 Å². The summed E-state index contributed by atoms with van der Waals surface area (Å²) in [5.74, 6) is 0.623. The SMILES string of the molecule is Cc1ccc(-n2c(CO)nc3cc(N)ccc32)c(C)c1. The van der Waals surface area contributed by atoms with Crippen LogP contribution in [0.1, 0.15) is 17.0 Å². The molecule has 4 nitrogen and oxygen atoms in total. The Labute approximate surface area is 117 Å². The van der Waals surface area contributed by atoms with Crippen molar-refractivity contribution in [2.45, 2.75) is 20.5 Å². The maximum absolute atomic E-state index is 9.58. The van der Waals surface area contributed by atoms with Gasteiger partial charge in [0, 0.05) is 5.69 Å². The van der Waals surface area contributed by atoms with E-state index in [0.29, 0.717) is 11.5 Å². The van der Waals surface area contributed by atoms with Crippen LogP contribution in [0.25, 0.3) is 16.7 Å². The van der Waals surface area contributed by atoms with Gasteiger partial charge in [0.2, 0.25) is 0 Å². The minimum Gasteiger partial charge on any atom is -0.399 e. The summed E-state index contributed by atoms with van der Waals surface area (Å²) in [7, 11) is 0. The van der Waals surface area contributed by atoms with Crippen LogP contribution < -0.4 is 5.73 Å². The highest BCUT2D eigenvalue weighted by atomic mass is 16.3. The zero-order chi connectivity index (χ0) is 14.3. The van der Waals surface area contributed by atoms with E-state index in [9.17, 15) is 5.11 Å². The molecule has 2 aromatic carbocycles. The van der Waals surface area contributed by atoms with Crippen molar-refractivity contribution in [3.63, 3.8) is 0 Å². The number of aliphatic hydroxyl groups excluding tert-OH is 1. The van der Waals surface area contributed by atoms with Gasteiger partial charge < -0.3 is 10.8 Å². The maximum atomic E-state index is 9.58. The first-order valence-corrected chi connectivity index (χ1v) is 6.55. The minimum atomic E-state index is -0.109. The molecule has 0 atom stereocenters. The second-order valence-electron chi connectivity index (χ2n) is 5.06. The highest BCUT2D eigenvalue weighted by Gasteiger charge is 2.13. The molecule has 0 radical (unpaired) electrons. The lowest BCUT2D eigenvalue weighted by Gasteiger charge is -2.12. The molecule has 0 fully saturated rings. The number of benzene rings is 2. The van der Waals surface area contributed by atoms with Crippen molar-refractivity contribution in [2.24, 2.45) is 0 Å². The summed E-state index contributed by atoms with van der Waals surface area (Å²) in [5, 5.41) is 9.58. The van der Waals surface area contributed by atoms with Crippen LogP contribution in [-0.2, 0) is 6.61 Å². The number of rotatable bonds is 2. The van der Waals surface area contributed by atoms with Gasteiger partial charge in [-0.05, 0) is 43.7 Å². The van der Waals surface area contributed by atoms with Crippen LogP contribution in [-0.4, -0.2) is 14.7 Å². The Hall–Kier alpha value is -2.33. The first-order valence-electron chi connectivity index (χ1n) is 6.55. The summed E-state index contributed by atoms with van der Waals surface area (Å²) in [6, 6.07) is 11.9. The first kappa shape index (κ1) is 12.7. The summed E-state index contributed by atoms with van der Waals surface area (Å²) < 4.78 is 1.99. The molecule has 0 aliphatic heterocycles. The average Bonchev–Trinajstić information content (AvgIpc) is 2.76. The summed E-state index contributed by atoms with van der Waals surface area (Å²) >= 11 is 0. The fraction of sp³-hybridized carbons (Fsp3) is 0.188. The molecule has 102 valence electrons. The lowest BCUT2D eigenvalue weighted by atomic mass is 10.1. The molecule has 0 amide bonds. The van der Waals surface area contributed by atoms with Crippen LogP contribution >= 0.6 is 0 Å². The monoisotopic (exact) mass is 267 g/mol. The number of aryl methyl sites for hydroxylation is 2. The van der Waals surface area contributed by atoms with Gasteiger partial charge in [0.15, 0.2) is 0 Å². The van der Waals surface area contributed by atoms with Gasteiger partial charge in [0.05, 0.1) is 16.7 Å². The van der Waals surface area contributed by atoms with E-state index in [1.165, 1.54) is 5.56 Å². The van der Waals surface area contributed by atoms with E-state index in [1.54, 1.807) is 0 Å². The average molecular weight is 267 g/mol. The van der Waals surface area contributed by atoms with Crippen molar-refractivity contribution in [1.29, 1.82) is 0 Å². The highest BCUT2D eigenvalue weighted by Crippen LogP contribution is 2.25. The molecule has 4 heteroatoms. The van der Waals surface area contributed by atoms with E-state index in [1.807, 2.05) is 22.8 Å². The molecule has 0 spiro atoms. The van der Waals surface area contributed by atoms with Crippen LogP contribution in [0, 0.1) is 13.8 Å². The number of anilines is 1. The van der Waals surface area contributed by atoms with Gasteiger partial charge in [-0.25, -0.2) is 4.98 Å². The summed E-state index contributed by atoms with van der Waals surface area (Å²) in [4.78, 5) is 4.46. The third-order valence-electron chi connectivity index (χ3n) is 3.48. The van der Waals surface area contributed by atoms with E-state index in [2.05, 4.69) is 37.0 Å². The van der Waals surface area contributed by atoms with Gasteiger partial charge in [0.1, 0.15) is 12.4 Å². The highest BCUT2D eigenvalue weighted by molar-refractivity contribution is 5.81. The van der Waals surface area contributed by atoms with E-state index in [-0.39, 0.29) is 6.61 Å². The molecule has 3 rings (SSSR count). The zero-order valence-corrected chi connectivity index (χ0v) is 11.6. The van der Waals surface area contributed by atoms with Crippen LogP contribution in [0.4, 0.5) is 5.69 Å². The molecule has 0 aliphatic carbocycles. The Balaban J connectivity index is 2.34. The maximum Gasteiger partial charge on any atom is 0.140 e. The lowest BCUT2D eigenvalue weighted by Crippen LogP contribution is -2.03. The van der Waals surface area contributed by atoms with Crippen molar-refractivity contribution in [1.82, 2.24) is 9.55 Å². The van der Waals surface area contributed by atoms with Crippen molar-refractivity contribution >= 4 is 16.7 Å². The third-order valence-corrected chi connectivity index (χ3v) is 3.48. The fourth-order valence-electron chi connectivity index (χ4n) is 2.58. The van der Waals surface area contributed by atoms with E-state index in [0.717, 1.165) is 22.3 Å². The van der Waals surface area contributed by atoms with Gasteiger partial charge in [-0.15, -0.1) is 0 Å². The second-order valence-corrected chi connectivity index (χ2v) is 5.06. The number of hydrogen-bond acceptors (Lipinski definition) is 3. The van der Waals surface area contributed by atoms with Crippen LogP contribution in [0.2, 0.25) is 0 Å². The number of fused-ring (bicyclic) bond motifs is 1. The standard InChI is InChI=1S/C16H17N3O/c1-10-3-5-14(11(2)7-10)19-15-6-4-12(17)8-13(15)18-16(19)9-20/h3-8,20H,9,17H2,1-2H3. The summed E-state index contributed by atoms with van der Waals surface area (Å²) in [6.45, 7) is 4.02. The molecule has 20 heavy (non-hydrogen) atoms. The van der Waals surface area contributed by atoms with Crippen molar-refractivity contribution in [3.8, 4) is 5.69 Å². The molecule has 0 unspecified atom stereocenters. The van der Waals surface area contributed by atoms with Gasteiger partial charge in [-0.1, -0.05) is 17.7 Å². The van der Waals surface area contributed by atoms with E-state index < -0.39 is 0 Å². The van der Waals surface area contributed by atoms with Gasteiger partial charge >= 0.3 is 0 Å². The van der Waals surface area contributed by atoms with Crippen LogP contribution in [0.5, 0.6) is 0 Å². The van der Waals surface area contributed by atoms with Crippen LogP contribution in [0.15, 0.2) is 36.4 Å². The summed E-state index contributed by atoms with van der Waals surface area (Å²) in [6.07, 6.45) is 0. The molecule has 0 aliphatic rings. The molecule has 1 aromatic heterocycles. The number of aromatic nitrogens is 2. The third kappa shape index (κ3) is 1.94. The molecule has 3 N–H and O–H groups in total. The van der Waals surface area contributed by atoms with Crippen LogP contribution in [0.3, 0.4) is 0 Å². The normalized spacial score (nSPS) is 11.2. The van der Waals surface area contributed by atoms with Gasteiger partial charge in [-0.3, -0.25) is 4.57 Å². The number of hydrogen-bond donors (Lipinski definition) is 2. The molecular weight excluding hydrogens is 250 g/mol. The number of nitrogen functional groups attached to an aromatic ring is 1. The van der Waals surface area contributed by atoms with Gasteiger partial charge in [-0.2, -0.15) is 0 Å². The summed E-state index contributed by atoms with van der Waals surface area (Å²) in [5.41, 5.74) is 11.6. The zero-order valence-electron chi connectivity index (χ0n) is 11.6. The number of nitrogens with two attached hydrogens (primary N) is 1. The Kier molecular flexibility index (Phi) is 2.95. The smallest absolute Gasteiger partial charge is 0.140 e. The molecule has 1 heterocycles. The Morgan fingerprint density at radius 1 is 1.15 bits per heavy atom. The lowest BCUT2D eigenvalue weighted by molar-refractivity contribution is 0.270. The largest absolute Gasteiger partial charge is 0.399 e. The first-order chi connectivity index (χ1) is 9.60. The van der Waals surface area contributed by atoms with Crippen molar-refractivity contribution in [3.05, 3.63) is 53.3 Å². The molecule has 0 bridgehead atoms. The predicted octanol–water partition coefficient (Wildman–Crippen LogP) is 2.72. The Bertz CT molecular complexity index is 790. The van der Waals surface area contributed by atoms with Crippen molar-refractivity contribution in [2.75, 3.05) is 5.73 Å². The van der Waals surface area contributed by atoms with Crippen molar-refractivity contribution < 1.29 is 5.11 Å².